The van der Waals surface area contributed by atoms with Gasteiger partial charge in [0.15, 0.2) is 0 Å². The van der Waals surface area contributed by atoms with Crippen LogP contribution in [0.5, 0.6) is 0 Å². The summed E-state index contributed by atoms with van der Waals surface area (Å²) in [5.74, 6) is 0. The third-order valence-corrected chi connectivity index (χ3v) is 5.67. The van der Waals surface area contributed by atoms with E-state index < -0.39 is 0 Å². The van der Waals surface area contributed by atoms with Crippen LogP contribution >= 0.6 is 0 Å². The zero-order valence-corrected chi connectivity index (χ0v) is 14.5. The number of rotatable bonds is 6. The number of nitrogens with zero attached hydrogens (tertiary/aromatic N) is 2. The Kier molecular flexibility index (Phi) is 5.73. The van der Waals surface area contributed by atoms with Gasteiger partial charge in [0.25, 0.3) is 0 Å². The Morgan fingerprint density at radius 3 is 1.95 bits per heavy atom. The standard InChI is InChI=1S/C18H32N2/c1-8-17(6,9-2)15-13-12-14(5)16(20-19-15)18(7,10-3)11-4/h12-13,16H,8-11H2,1-7H3. The predicted octanol–water partition coefficient (Wildman–Crippen LogP) is 6.30. The maximum Gasteiger partial charge on any atom is 0.0975 e. The quantitative estimate of drug-likeness (QED) is 0.543. The molecule has 1 rings (SSSR count). The third kappa shape index (κ3) is 3.21. The average molecular weight is 276 g/mol. The first-order valence-electron chi connectivity index (χ1n) is 8.16. The maximum absolute atomic E-state index is 4.75. The highest BCUT2D eigenvalue weighted by Crippen LogP contribution is 2.41. The van der Waals surface area contributed by atoms with Crippen molar-refractivity contribution in [2.45, 2.75) is 80.2 Å². The Labute approximate surface area is 125 Å². The first-order chi connectivity index (χ1) is 9.36. The number of hydrogen-bond acceptors (Lipinski definition) is 2. The summed E-state index contributed by atoms with van der Waals surface area (Å²) in [6.45, 7) is 15.8. The minimum atomic E-state index is 0.143. The van der Waals surface area contributed by atoms with E-state index in [0.29, 0.717) is 0 Å². The lowest BCUT2D eigenvalue weighted by atomic mass is 9.75. The molecule has 1 aliphatic heterocycles. The number of azo groups is 1. The van der Waals surface area contributed by atoms with Gasteiger partial charge in [-0.25, -0.2) is 0 Å². The van der Waals surface area contributed by atoms with Crippen molar-refractivity contribution >= 4 is 0 Å². The van der Waals surface area contributed by atoms with E-state index in [4.69, 9.17) is 5.11 Å². The van der Waals surface area contributed by atoms with Crippen molar-refractivity contribution in [2.75, 3.05) is 0 Å². The molecule has 0 bridgehead atoms. The summed E-state index contributed by atoms with van der Waals surface area (Å²) in [6.07, 6.45) is 8.90. The van der Waals surface area contributed by atoms with E-state index in [2.05, 4.69) is 65.7 Å². The first-order valence-corrected chi connectivity index (χ1v) is 8.16. The van der Waals surface area contributed by atoms with E-state index in [0.717, 1.165) is 31.4 Å². The van der Waals surface area contributed by atoms with E-state index in [9.17, 15) is 0 Å². The summed E-state index contributed by atoms with van der Waals surface area (Å²) in [7, 11) is 0. The number of hydrogen-bond donors (Lipinski definition) is 0. The molecule has 0 saturated heterocycles. The minimum Gasteiger partial charge on any atom is -0.181 e. The molecule has 0 aromatic heterocycles. The lowest BCUT2D eigenvalue weighted by molar-refractivity contribution is 0.250. The van der Waals surface area contributed by atoms with Crippen LogP contribution in [0.2, 0.25) is 0 Å². The molecule has 114 valence electrons. The zero-order valence-electron chi connectivity index (χ0n) is 14.5. The van der Waals surface area contributed by atoms with Gasteiger partial charge in [-0.2, -0.15) is 10.2 Å². The van der Waals surface area contributed by atoms with E-state index in [1.807, 2.05) is 0 Å². The van der Waals surface area contributed by atoms with Crippen LogP contribution in [0.4, 0.5) is 0 Å². The molecular formula is C18H32N2. The number of allylic oxidation sites excluding steroid dienone is 3. The minimum absolute atomic E-state index is 0.143. The lowest BCUT2D eigenvalue weighted by Gasteiger charge is -2.33. The summed E-state index contributed by atoms with van der Waals surface area (Å²) in [6, 6.07) is 0.212. The summed E-state index contributed by atoms with van der Waals surface area (Å²) in [4.78, 5) is 0. The van der Waals surface area contributed by atoms with Gasteiger partial charge in [-0.15, -0.1) is 0 Å². The van der Waals surface area contributed by atoms with Crippen LogP contribution in [-0.4, -0.2) is 6.04 Å². The summed E-state index contributed by atoms with van der Waals surface area (Å²) >= 11 is 0. The second kappa shape index (κ2) is 6.69. The van der Waals surface area contributed by atoms with Gasteiger partial charge in [0, 0.05) is 5.41 Å². The summed E-state index contributed by atoms with van der Waals surface area (Å²) in [5, 5.41) is 9.41. The summed E-state index contributed by atoms with van der Waals surface area (Å²) in [5.41, 5.74) is 2.83. The smallest absolute Gasteiger partial charge is 0.0975 e. The molecule has 0 fully saturated rings. The molecule has 0 amide bonds. The Balaban J connectivity index is 3.15. The van der Waals surface area contributed by atoms with Gasteiger partial charge in [-0.3, -0.25) is 0 Å². The highest BCUT2D eigenvalue weighted by atomic mass is 15.1. The van der Waals surface area contributed by atoms with Crippen LogP contribution in [0.3, 0.4) is 0 Å². The fraction of sp³-hybridized carbons (Fsp3) is 0.778. The third-order valence-electron chi connectivity index (χ3n) is 5.67. The van der Waals surface area contributed by atoms with E-state index in [1.165, 1.54) is 5.57 Å². The van der Waals surface area contributed by atoms with Crippen LogP contribution in [-0.2, 0) is 0 Å². The van der Waals surface area contributed by atoms with Crippen molar-refractivity contribution in [3.63, 3.8) is 0 Å². The Morgan fingerprint density at radius 1 is 0.950 bits per heavy atom. The van der Waals surface area contributed by atoms with Gasteiger partial charge in [0.2, 0.25) is 0 Å². The molecule has 0 saturated carbocycles. The van der Waals surface area contributed by atoms with Gasteiger partial charge < -0.3 is 0 Å². The molecule has 0 aromatic carbocycles. The maximum atomic E-state index is 4.75. The molecular weight excluding hydrogens is 244 g/mol. The fourth-order valence-corrected chi connectivity index (χ4v) is 2.81. The molecule has 1 unspecified atom stereocenters. The molecule has 20 heavy (non-hydrogen) atoms. The van der Waals surface area contributed by atoms with Gasteiger partial charge in [0.1, 0.15) is 0 Å². The van der Waals surface area contributed by atoms with Crippen LogP contribution < -0.4 is 0 Å². The zero-order chi connectivity index (χ0) is 15.4. The topological polar surface area (TPSA) is 24.7 Å². The van der Waals surface area contributed by atoms with Crippen molar-refractivity contribution in [1.29, 1.82) is 0 Å². The molecule has 0 radical (unpaired) electrons. The highest BCUT2D eigenvalue weighted by molar-refractivity contribution is 5.27. The van der Waals surface area contributed by atoms with Crippen LogP contribution in [0.25, 0.3) is 0 Å². The van der Waals surface area contributed by atoms with Crippen LogP contribution in [0, 0.1) is 10.8 Å². The SMILES string of the molecule is CCC(C)(CC)C1=CC=C(C)C(C(C)(CC)CC)N=N1. The van der Waals surface area contributed by atoms with Crippen molar-refractivity contribution in [2.24, 2.45) is 21.1 Å². The second-order valence-electron chi connectivity index (χ2n) is 6.71. The lowest BCUT2D eigenvalue weighted by Crippen LogP contribution is -2.30. The monoisotopic (exact) mass is 276 g/mol. The molecule has 0 aliphatic carbocycles. The molecule has 0 spiro atoms. The van der Waals surface area contributed by atoms with Crippen LogP contribution in [0.1, 0.15) is 74.1 Å². The second-order valence-corrected chi connectivity index (χ2v) is 6.71. The van der Waals surface area contributed by atoms with Crippen molar-refractivity contribution in [3.05, 3.63) is 23.4 Å². The van der Waals surface area contributed by atoms with E-state index in [1.54, 1.807) is 0 Å². The summed E-state index contributed by atoms with van der Waals surface area (Å²) < 4.78 is 0. The van der Waals surface area contributed by atoms with Gasteiger partial charge in [0.05, 0.1) is 11.7 Å². The first kappa shape index (κ1) is 17.1. The Morgan fingerprint density at radius 2 is 1.50 bits per heavy atom. The van der Waals surface area contributed by atoms with E-state index >= 15 is 0 Å². The molecule has 1 atom stereocenters. The van der Waals surface area contributed by atoms with Gasteiger partial charge >= 0.3 is 0 Å². The van der Waals surface area contributed by atoms with Gasteiger partial charge in [-0.1, -0.05) is 47.6 Å². The molecule has 1 aliphatic rings. The van der Waals surface area contributed by atoms with Crippen molar-refractivity contribution < 1.29 is 0 Å². The molecule has 2 nitrogen and oxygen atoms in total. The Hall–Kier alpha value is -0.920. The predicted molar refractivity (Wildman–Crippen MR) is 87.9 cm³/mol. The largest absolute Gasteiger partial charge is 0.181 e. The Bertz CT molecular complexity index is 407. The fourth-order valence-electron chi connectivity index (χ4n) is 2.81. The van der Waals surface area contributed by atoms with Gasteiger partial charge in [-0.05, 0) is 49.7 Å². The normalized spacial score (nSPS) is 20.4. The average Bonchev–Trinajstić information content (AvgIpc) is 2.68. The van der Waals surface area contributed by atoms with Crippen LogP contribution in [0.15, 0.2) is 33.7 Å². The molecule has 1 heterocycles. The molecule has 0 aromatic rings. The van der Waals surface area contributed by atoms with E-state index in [-0.39, 0.29) is 16.9 Å². The van der Waals surface area contributed by atoms with Crippen molar-refractivity contribution in [1.82, 2.24) is 0 Å². The molecule has 0 N–H and O–H groups in total. The molecule has 2 heteroatoms. The van der Waals surface area contributed by atoms with Crippen molar-refractivity contribution in [3.8, 4) is 0 Å². The highest BCUT2D eigenvalue weighted by Gasteiger charge is 2.34.